The third kappa shape index (κ3) is 4.37. The Morgan fingerprint density at radius 2 is 1.72 bits per heavy atom. The van der Waals surface area contributed by atoms with Crippen molar-refractivity contribution in [2.24, 2.45) is 0 Å². The fourth-order valence-electron chi connectivity index (χ4n) is 2.72. The number of ether oxygens (including phenoxy) is 3. The van der Waals surface area contributed by atoms with Crippen molar-refractivity contribution >= 4 is 34.5 Å². The number of methoxy groups -OCH3 is 2. The molecule has 2 aromatic carbocycles. The van der Waals surface area contributed by atoms with Crippen molar-refractivity contribution < 1.29 is 33.0 Å². The van der Waals surface area contributed by atoms with Gasteiger partial charge in [-0.2, -0.15) is 0 Å². The lowest BCUT2D eigenvalue weighted by atomic mass is 10.1. The first-order chi connectivity index (χ1) is 13.9. The zero-order valence-electron chi connectivity index (χ0n) is 16.1. The Labute approximate surface area is 166 Å². The van der Waals surface area contributed by atoms with Crippen LogP contribution in [-0.4, -0.2) is 38.7 Å². The van der Waals surface area contributed by atoms with Crippen molar-refractivity contribution in [3.05, 3.63) is 59.4 Å². The molecule has 0 spiro atoms. The van der Waals surface area contributed by atoms with Crippen LogP contribution in [0.4, 0.5) is 5.69 Å². The molecule has 1 N–H and O–H groups in total. The number of esters is 2. The number of fused-ring (bicyclic) bond motifs is 1. The highest BCUT2D eigenvalue weighted by molar-refractivity contribution is 5.98. The van der Waals surface area contributed by atoms with Gasteiger partial charge in [0.25, 0.3) is 5.91 Å². The summed E-state index contributed by atoms with van der Waals surface area (Å²) >= 11 is 0. The van der Waals surface area contributed by atoms with E-state index in [0.29, 0.717) is 28.1 Å². The first-order valence-electron chi connectivity index (χ1n) is 8.65. The Hall–Kier alpha value is -3.81. The van der Waals surface area contributed by atoms with Gasteiger partial charge >= 0.3 is 11.9 Å². The summed E-state index contributed by atoms with van der Waals surface area (Å²) in [5.74, 6) is -1.08. The van der Waals surface area contributed by atoms with E-state index >= 15 is 0 Å². The van der Waals surface area contributed by atoms with Crippen LogP contribution in [0.15, 0.2) is 46.9 Å². The first-order valence-corrected chi connectivity index (χ1v) is 8.65. The molecule has 8 nitrogen and oxygen atoms in total. The van der Waals surface area contributed by atoms with Gasteiger partial charge in [0.05, 0.1) is 19.8 Å². The van der Waals surface area contributed by atoms with Crippen molar-refractivity contribution in [1.29, 1.82) is 0 Å². The molecule has 0 aliphatic rings. The molecule has 1 amide bonds. The molecule has 0 unspecified atom stereocenters. The molecule has 0 aliphatic heterocycles. The number of benzene rings is 2. The molecule has 150 valence electrons. The second kappa shape index (κ2) is 8.47. The summed E-state index contributed by atoms with van der Waals surface area (Å²) in [4.78, 5) is 35.8. The lowest BCUT2D eigenvalue weighted by Gasteiger charge is -2.07. The van der Waals surface area contributed by atoms with Gasteiger partial charge in [-0.05, 0) is 49.4 Å². The topological polar surface area (TPSA) is 104 Å². The predicted octanol–water partition coefficient (Wildman–Crippen LogP) is 3.33. The van der Waals surface area contributed by atoms with Crippen LogP contribution in [0, 0.1) is 6.92 Å². The number of anilines is 1. The number of furan rings is 1. The maximum atomic E-state index is 12.3. The molecule has 8 heteroatoms. The van der Waals surface area contributed by atoms with E-state index in [2.05, 4.69) is 10.1 Å². The van der Waals surface area contributed by atoms with Gasteiger partial charge in [0.1, 0.15) is 11.3 Å². The zero-order valence-corrected chi connectivity index (χ0v) is 16.1. The number of carbonyl (C=O) groups excluding carboxylic acids is 3. The first kappa shape index (κ1) is 19.9. The van der Waals surface area contributed by atoms with Crippen molar-refractivity contribution in [3.63, 3.8) is 0 Å². The third-order valence-electron chi connectivity index (χ3n) is 4.25. The minimum absolute atomic E-state index is 0.0310. The van der Waals surface area contributed by atoms with Crippen LogP contribution in [0.3, 0.4) is 0 Å². The summed E-state index contributed by atoms with van der Waals surface area (Å²) in [5.41, 5.74) is 1.92. The van der Waals surface area contributed by atoms with Crippen LogP contribution in [0.5, 0.6) is 5.75 Å². The summed E-state index contributed by atoms with van der Waals surface area (Å²) in [6, 6.07) is 11.3. The Bertz CT molecular complexity index is 1070. The molecule has 29 heavy (non-hydrogen) atoms. The number of hydrogen-bond donors (Lipinski definition) is 1. The molecule has 0 radical (unpaired) electrons. The molecule has 3 rings (SSSR count). The van der Waals surface area contributed by atoms with E-state index in [-0.39, 0.29) is 5.76 Å². The highest BCUT2D eigenvalue weighted by atomic mass is 16.5. The number of aryl methyl sites for hydroxylation is 1. The third-order valence-corrected chi connectivity index (χ3v) is 4.25. The Morgan fingerprint density at radius 1 is 1.00 bits per heavy atom. The maximum absolute atomic E-state index is 12.3. The summed E-state index contributed by atoms with van der Waals surface area (Å²) in [6.07, 6.45) is 0. The summed E-state index contributed by atoms with van der Waals surface area (Å²) in [6.45, 7) is 1.24. The maximum Gasteiger partial charge on any atom is 0.375 e. The fraction of sp³-hybridized carbons (Fsp3) is 0.190. The average molecular weight is 397 g/mol. The van der Waals surface area contributed by atoms with E-state index in [1.807, 2.05) is 0 Å². The largest absolute Gasteiger partial charge is 0.497 e. The number of hydrogen-bond acceptors (Lipinski definition) is 7. The Kier molecular flexibility index (Phi) is 5.82. The number of rotatable bonds is 6. The normalized spacial score (nSPS) is 10.4. The average Bonchev–Trinajstić information content (AvgIpc) is 3.08. The molecule has 0 saturated heterocycles. The molecule has 1 aromatic heterocycles. The number of carbonyl (C=O) groups is 3. The van der Waals surface area contributed by atoms with Crippen molar-refractivity contribution in [2.45, 2.75) is 6.92 Å². The van der Waals surface area contributed by atoms with Gasteiger partial charge in [0.2, 0.25) is 5.76 Å². The minimum Gasteiger partial charge on any atom is -0.497 e. The minimum atomic E-state index is -0.742. The molecule has 0 aliphatic carbocycles. The molecule has 0 fully saturated rings. The van der Waals surface area contributed by atoms with Gasteiger partial charge in [0, 0.05) is 16.6 Å². The SMILES string of the molecule is COC(=O)c1ccc(NC(=O)COC(=O)c2oc3ccc(OC)cc3c2C)cc1. The lowest BCUT2D eigenvalue weighted by Crippen LogP contribution is -2.21. The quantitative estimate of drug-likeness (QED) is 0.636. The summed E-state index contributed by atoms with van der Waals surface area (Å²) in [5, 5.41) is 3.30. The molecule has 3 aromatic rings. The predicted molar refractivity (Wildman–Crippen MR) is 104 cm³/mol. The van der Waals surface area contributed by atoms with Crippen LogP contribution in [0.25, 0.3) is 11.0 Å². The molecule has 0 bridgehead atoms. The van der Waals surface area contributed by atoms with E-state index in [4.69, 9.17) is 13.9 Å². The van der Waals surface area contributed by atoms with Gasteiger partial charge in [0.15, 0.2) is 6.61 Å². The summed E-state index contributed by atoms with van der Waals surface area (Å²) in [7, 11) is 2.83. The van der Waals surface area contributed by atoms with Crippen molar-refractivity contribution in [2.75, 3.05) is 26.1 Å². The van der Waals surface area contributed by atoms with E-state index in [1.54, 1.807) is 44.4 Å². The van der Waals surface area contributed by atoms with Crippen LogP contribution < -0.4 is 10.1 Å². The lowest BCUT2D eigenvalue weighted by molar-refractivity contribution is -0.119. The second-order valence-electron chi connectivity index (χ2n) is 6.11. The van der Waals surface area contributed by atoms with Gasteiger partial charge in [-0.1, -0.05) is 0 Å². The fourth-order valence-corrected chi connectivity index (χ4v) is 2.72. The molecular weight excluding hydrogens is 378 g/mol. The van der Waals surface area contributed by atoms with Gasteiger partial charge in [-0.15, -0.1) is 0 Å². The zero-order chi connectivity index (χ0) is 21.0. The van der Waals surface area contributed by atoms with E-state index < -0.39 is 24.5 Å². The van der Waals surface area contributed by atoms with E-state index in [1.165, 1.54) is 19.2 Å². The molecular formula is C21H19NO7. The Balaban J connectivity index is 1.61. The molecule has 0 atom stereocenters. The number of nitrogens with one attached hydrogen (secondary N) is 1. The highest BCUT2D eigenvalue weighted by Crippen LogP contribution is 2.29. The van der Waals surface area contributed by atoms with Crippen molar-refractivity contribution in [1.82, 2.24) is 0 Å². The van der Waals surface area contributed by atoms with E-state index in [0.717, 1.165) is 5.39 Å². The van der Waals surface area contributed by atoms with Gasteiger partial charge in [-0.25, -0.2) is 9.59 Å². The second-order valence-corrected chi connectivity index (χ2v) is 6.11. The van der Waals surface area contributed by atoms with Gasteiger partial charge < -0.3 is 23.9 Å². The van der Waals surface area contributed by atoms with Crippen LogP contribution >= 0.6 is 0 Å². The number of amides is 1. The van der Waals surface area contributed by atoms with Crippen LogP contribution in [-0.2, 0) is 14.3 Å². The molecule has 0 saturated carbocycles. The van der Waals surface area contributed by atoms with Crippen molar-refractivity contribution in [3.8, 4) is 5.75 Å². The van der Waals surface area contributed by atoms with Crippen LogP contribution in [0.2, 0.25) is 0 Å². The molecule has 1 heterocycles. The smallest absolute Gasteiger partial charge is 0.375 e. The summed E-state index contributed by atoms with van der Waals surface area (Å²) < 4.78 is 20.4. The highest BCUT2D eigenvalue weighted by Gasteiger charge is 2.20. The monoisotopic (exact) mass is 397 g/mol. The standard InChI is InChI=1S/C21H19NO7/c1-12-16-10-15(26-2)8-9-17(16)29-19(12)21(25)28-11-18(23)22-14-6-4-13(5-7-14)20(24)27-3/h4-10H,11H2,1-3H3,(H,22,23). The van der Waals surface area contributed by atoms with Crippen LogP contribution in [0.1, 0.15) is 26.5 Å². The Morgan fingerprint density at radius 3 is 2.38 bits per heavy atom. The van der Waals surface area contributed by atoms with Gasteiger partial charge in [-0.3, -0.25) is 4.79 Å². The van der Waals surface area contributed by atoms with E-state index in [9.17, 15) is 14.4 Å².